The molecule has 0 radical (unpaired) electrons. The van der Waals surface area contributed by atoms with Crippen LogP contribution >= 0.6 is 11.8 Å². The fourth-order valence-corrected chi connectivity index (χ4v) is 3.18. The van der Waals surface area contributed by atoms with E-state index >= 15 is 0 Å². The van der Waals surface area contributed by atoms with E-state index in [2.05, 4.69) is 20.7 Å². The van der Waals surface area contributed by atoms with Gasteiger partial charge in [-0.25, -0.2) is 0 Å². The van der Waals surface area contributed by atoms with Gasteiger partial charge in [0.2, 0.25) is 5.16 Å². The fourth-order valence-electron chi connectivity index (χ4n) is 2.41. The van der Waals surface area contributed by atoms with Crippen molar-refractivity contribution in [3.05, 3.63) is 66.4 Å². The first-order valence-corrected chi connectivity index (χ1v) is 8.88. The zero-order chi connectivity index (χ0) is 17.8. The van der Waals surface area contributed by atoms with E-state index in [-0.39, 0.29) is 0 Å². The first-order chi connectivity index (χ1) is 12.8. The molecular weight excluding hydrogens is 350 g/mol. The van der Waals surface area contributed by atoms with E-state index in [0.717, 1.165) is 28.5 Å². The van der Waals surface area contributed by atoms with Crippen LogP contribution in [0, 0.1) is 0 Å². The fraction of sp³-hybridized carbons (Fsp3) is 0.111. The molecule has 0 amide bonds. The lowest BCUT2D eigenvalue weighted by molar-refractivity contribution is 0.397. The first kappa shape index (κ1) is 16.3. The average molecular weight is 365 g/mol. The summed E-state index contributed by atoms with van der Waals surface area (Å²) in [5, 5.41) is 16.7. The number of nitrogens with zero attached hydrogens (tertiary/aromatic N) is 5. The second-order valence-corrected chi connectivity index (χ2v) is 6.35. The molecule has 0 fully saturated rings. The average Bonchev–Trinajstić information content (AvgIpc) is 3.36. The van der Waals surface area contributed by atoms with Gasteiger partial charge in [0.1, 0.15) is 17.2 Å². The Morgan fingerprint density at radius 2 is 1.88 bits per heavy atom. The predicted molar refractivity (Wildman–Crippen MR) is 97.2 cm³/mol. The largest absolute Gasteiger partial charge is 0.497 e. The van der Waals surface area contributed by atoms with Crippen molar-refractivity contribution in [1.29, 1.82) is 0 Å². The van der Waals surface area contributed by atoms with Gasteiger partial charge in [0.15, 0.2) is 0 Å². The van der Waals surface area contributed by atoms with Crippen molar-refractivity contribution in [3.63, 3.8) is 0 Å². The molecular formula is C18H15N5O2S. The zero-order valence-electron chi connectivity index (χ0n) is 13.9. The molecule has 2 aromatic heterocycles. The summed E-state index contributed by atoms with van der Waals surface area (Å²) in [6, 6.07) is 19.4. The Morgan fingerprint density at radius 1 is 1.08 bits per heavy atom. The van der Waals surface area contributed by atoms with Gasteiger partial charge in [-0.05, 0) is 46.8 Å². The molecule has 0 N–H and O–H groups in total. The molecule has 4 rings (SSSR count). The van der Waals surface area contributed by atoms with E-state index in [1.54, 1.807) is 11.8 Å². The molecule has 2 heterocycles. The summed E-state index contributed by atoms with van der Waals surface area (Å²) in [5.74, 6) is 2.14. The molecule has 7 nitrogen and oxygen atoms in total. The smallest absolute Gasteiger partial charge is 0.214 e. The van der Waals surface area contributed by atoms with Crippen LogP contribution < -0.4 is 4.74 Å². The quantitative estimate of drug-likeness (QED) is 0.483. The summed E-state index contributed by atoms with van der Waals surface area (Å²) in [6.45, 7) is 0. The Bertz CT molecular complexity index is 982. The number of methoxy groups -OCH3 is 1. The van der Waals surface area contributed by atoms with Crippen LogP contribution in [0.4, 0.5) is 0 Å². The second-order valence-electron chi connectivity index (χ2n) is 5.40. The highest BCUT2D eigenvalue weighted by molar-refractivity contribution is 7.98. The Morgan fingerprint density at radius 3 is 2.65 bits per heavy atom. The molecule has 0 atom stereocenters. The second kappa shape index (κ2) is 7.40. The van der Waals surface area contributed by atoms with Gasteiger partial charge >= 0.3 is 0 Å². The number of aromatic nitrogens is 5. The van der Waals surface area contributed by atoms with Gasteiger partial charge in [-0.15, -0.1) is 5.10 Å². The third-order valence-corrected chi connectivity index (χ3v) is 4.67. The van der Waals surface area contributed by atoms with Gasteiger partial charge in [0.05, 0.1) is 18.6 Å². The molecule has 2 aromatic carbocycles. The third-order valence-electron chi connectivity index (χ3n) is 3.73. The van der Waals surface area contributed by atoms with Gasteiger partial charge in [-0.3, -0.25) is 0 Å². The number of thioether (sulfide) groups is 1. The van der Waals surface area contributed by atoms with Crippen LogP contribution in [0.25, 0.3) is 16.9 Å². The zero-order valence-corrected chi connectivity index (χ0v) is 14.8. The van der Waals surface area contributed by atoms with Gasteiger partial charge in [0.25, 0.3) is 0 Å². The maximum absolute atomic E-state index is 5.44. The van der Waals surface area contributed by atoms with Crippen molar-refractivity contribution in [1.82, 2.24) is 25.4 Å². The lowest BCUT2D eigenvalue weighted by Gasteiger charge is -2.02. The highest BCUT2D eigenvalue weighted by Gasteiger charge is 2.12. The SMILES string of the molecule is COc1ccc(-c2cc(CSc3nnnn3-c3ccccc3)on2)cc1. The van der Waals surface area contributed by atoms with Crippen molar-refractivity contribution in [2.45, 2.75) is 10.9 Å². The van der Waals surface area contributed by atoms with Gasteiger partial charge in [0, 0.05) is 11.6 Å². The minimum atomic E-state index is 0.580. The highest BCUT2D eigenvalue weighted by atomic mass is 32.2. The van der Waals surface area contributed by atoms with E-state index in [9.17, 15) is 0 Å². The maximum atomic E-state index is 5.44. The number of ether oxygens (including phenoxy) is 1. The van der Waals surface area contributed by atoms with E-state index in [4.69, 9.17) is 9.26 Å². The Kier molecular flexibility index (Phi) is 4.65. The molecule has 0 bridgehead atoms. The molecule has 0 saturated heterocycles. The molecule has 26 heavy (non-hydrogen) atoms. The Balaban J connectivity index is 1.46. The number of hydrogen-bond donors (Lipinski definition) is 0. The van der Waals surface area contributed by atoms with Crippen LogP contribution in [-0.2, 0) is 5.75 Å². The summed E-state index contributed by atoms with van der Waals surface area (Å²) in [4.78, 5) is 0. The third kappa shape index (κ3) is 3.45. The molecule has 4 aromatic rings. The summed E-state index contributed by atoms with van der Waals surface area (Å²) in [5.41, 5.74) is 2.67. The van der Waals surface area contributed by atoms with Gasteiger partial charge in [-0.2, -0.15) is 4.68 Å². The van der Waals surface area contributed by atoms with Crippen LogP contribution in [0.2, 0.25) is 0 Å². The van der Waals surface area contributed by atoms with Crippen LogP contribution in [0.15, 0.2) is 70.3 Å². The van der Waals surface area contributed by atoms with Gasteiger partial charge < -0.3 is 9.26 Å². The molecule has 8 heteroatoms. The summed E-state index contributed by atoms with van der Waals surface area (Å²) < 4.78 is 12.3. The van der Waals surface area contributed by atoms with Crippen LogP contribution in [0.5, 0.6) is 5.75 Å². The molecule has 130 valence electrons. The lowest BCUT2D eigenvalue weighted by Crippen LogP contribution is -1.98. The number of hydrogen-bond acceptors (Lipinski definition) is 7. The monoisotopic (exact) mass is 365 g/mol. The van der Waals surface area contributed by atoms with Crippen molar-refractivity contribution in [3.8, 4) is 22.7 Å². The number of benzene rings is 2. The lowest BCUT2D eigenvalue weighted by atomic mass is 10.1. The van der Waals surface area contributed by atoms with E-state index in [1.165, 1.54) is 11.8 Å². The van der Waals surface area contributed by atoms with Crippen LogP contribution in [0.3, 0.4) is 0 Å². The minimum Gasteiger partial charge on any atom is -0.497 e. The maximum Gasteiger partial charge on any atom is 0.214 e. The molecule has 0 spiro atoms. The first-order valence-electron chi connectivity index (χ1n) is 7.90. The topological polar surface area (TPSA) is 78.9 Å². The summed E-state index contributed by atoms with van der Waals surface area (Å²) in [7, 11) is 1.64. The van der Waals surface area contributed by atoms with Crippen molar-refractivity contribution >= 4 is 11.8 Å². The van der Waals surface area contributed by atoms with Crippen LogP contribution in [0.1, 0.15) is 5.76 Å². The van der Waals surface area contributed by atoms with Crippen LogP contribution in [-0.4, -0.2) is 32.5 Å². The summed E-state index contributed by atoms with van der Waals surface area (Å²) >= 11 is 1.49. The van der Waals surface area contributed by atoms with E-state index < -0.39 is 0 Å². The highest BCUT2D eigenvalue weighted by Crippen LogP contribution is 2.26. The van der Waals surface area contributed by atoms with E-state index in [0.29, 0.717) is 10.9 Å². The molecule has 0 aliphatic heterocycles. The van der Waals surface area contributed by atoms with E-state index in [1.807, 2.05) is 60.7 Å². The van der Waals surface area contributed by atoms with Crippen molar-refractivity contribution in [2.75, 3.05) is 7.11 Å². The Hall–Kier alpha value is -3.13. The molecule has 0 aliphatic rings. The van der Waals surface area contributed by atoms with Crippen molar-refractivity contribution < 1.29 is 9.26 Å². The summed E-state index contributed by atoms with van der Waals surface area (Å²) in [6.07, 6.45) is 0. The van der Waals surface area contributed by atoms with Gasteiger partial charge in [-0.1, -0.05) is 35.1 Å². The number of rotatable bonds is 6. The van der Waals surface area contributed by atoms with Crippen molar-refractivity contribution in [2.24, 2.45) is 0 Å². The molecule has 0 unspecified atom stereocenters. The predicted octanol–water partition coefficient (Wildman–Crippen LogP) is 3.62. The standard InChI is InChI=1S/C18H15N5O2S/c1-24-15-9-7-13(8-10-15)17-11-16(25-20-17)12-26-18-19-21-22-23(18)14-5-3-2-4-6-14/h2-11H,12H2,1H3. The number of para-hydroxylation sites is 1. The molecule has 0 saturated carbocycles. The molecule has 0 aliphatic carbocycles. The Labute approximate surface area is 154 Å². The normalized spacial score (nSPS) is 10.8. The minimum absolute atomic E-state index is 0.580. The number of tetrazole rings is 1.